The maximum atomic E-state index is 12.3. The first-order valence-electron chi connectivity index (χ1n) is 7.62. The molecule has 0 saturated carbocycles. The smallest absolute Gasteiger partial charge is 0.239 e. The molecule has 1 aromatic rings. The van der Waals surface area contributed by atoms with Crippen molar-refractivity contribution in [3.8, 4) is 0 Å². The van der Waals surface area contributed by atoms with Crippen molar-refractivity contribution in [2.24, 2.45) is 5.92 Å². The number of rotatable bonds is 7. The van der Waals surface area contributed by atoms with Gasteiger partial charge in [0.05, 0.1) is 0 Å². The second-order valence-corrected chi connectivity index (χ2v) is 5.62. The summed E-state index contributed by atoms with van der Waals surface area (Å²) in [5, 5.41) is 6.50. The minimum absolute atomic E-state index is 0.196. The molecule has 0 spiro atoms. The standard InChI is InChI=1S/C14H25N5O2/c1-21-9-3-5-11-4-2-8-19(10-11)13(20)7-6-12-16-14(15)18-17-12/h11H,2-10H2,1H3,(H3,15,16,17,18). The number of carbonyl (C=O) groups is 1. The topological polar surface area (TPSA) is 97.1 Å². The Morgan fingerprint density at radius 3 is 3.14 bits per heavy atom. The number of nitrogen functional groups attached to an aromatic ring is 1. The second kappa shape index (κ2) is 7.97. The number of aryl methyl sites for hydroxylation is 1. The SMILES string of the molecule is COCCCC1CCCN(C(=O)CCc2nc(N)n[nH]2)C1. The summed E-state index contributed by atoms with van der Waals surface area (Å²) in [7, 11) is 1.73. The van der Waals surface area contributed by atoms with Gasteiger partial charge in [-0.2, -0.15) is 4.98 Å². The summed E-state index contributed by atoms with van der Waals surface area (Å²) in [6.45, 7) is 2.55. The first-order chi connectivity index (χ1) is 10.2. The molecule has 7 nitrogen and oxygen atoms in total. The van der Waals surface area contributed by atoms with E-state index >= 15 is 0 Å². The third-order valence-corrected chi connectivity index (χ3v) is 3.96. The number of ether oxygens (including phenoxy) is 1. The van der Waals surface area contributed by atoms with Gasteiger partial charge in [-0.15, -0.1) is 5.10 Å². The largest absolute Gasteiger partial charge is 0.385 e. The molecule has 2 rings (SSSR count). The lowest BCUT2D eigenvalue weighted by Gasteiger charge is -2.33. The van der Waals surface area contributed by atoms with E-state index in [4.69, 9.17) is 10.5 Å². The summed E-state index contributed by atoms with van der Waals surface area (Å²) in [6.07, 6.45) is 5.54. The Labute approximate surface area is 125 Å². The number of amides is 1. The van der Waals surface area contributed by atoms with Crippen LogP contribution in [0.25, 0.3) is 0 Å². The molecule has 1 amide bonds. The summed E-state index contributed by atoms with van der Waals surface area (Å²) in [5.41, 5.74) is 5.44. The fourth-order valence-corrected chi connectivity index (χ4v) is 2.85. The van der Waals surface area contributed by atoms with Gasteiger partial charge >= 0.3 is 0 Å². The number of nitrogens with one attached hydrogen (secondary N) is 1. The number of piperidine rings is 1. The molecule has 0 aromatic carbocycles. The fraction of sp³-hybridized carbons (Fsp3) is 0.786. The fourth-order valence-electron chi connectivity index (χ4n) is 2.85. The Morgan fingerprint density at radius 2 is 2.43 bits per heavy atom. The van der Waals surface area contributed by atoms with Crippen molar-refractivity contribution in [2.45, 2.75) is 38.5 Å². The molecule has 0 aliphatic carbocycles. The number of nitrogens with zero attached hydrogens (tertiary/aromatic N) is 3. The lowest BCUT2D eigenvalue weighted by molar-refractivity contribution is -0.133. The van der Waals surface area contributed by atoms with E-state index in [0.717, 1.165) is 39.0 Å². The Hall–Kier alpha value is -1.63. The normalized spacial score (nSPS) is 18.9. The summed E-state index contributed by atoms with van der Waals surface area (Å²) >= 11 is 0. The summed E-state index contributed by atoms with van der Waals surface area (Å²) in [4.78, 5) is 18.3. The van der Waals surface area contributed by atoms with Crippen LogP contribution >= 0.6 is 0 Å². The van der Waals surface area contributed by atoms with Crippen LogP contribution in [0.5, 0.6) is 0 Å². The number of anilines is 1. The molecule has 1 aliphatic rings. The Kier molecular flexibility index (Phi) is 5.98. The van der Waals surface area contributed by atoms with Crippen molar-refractivity contribution in [1.82, 2.24) is 20.1 Å². The van der Waals surface area contributed by atoms with E-state index in [9.17, 15) is 4.79 Å². The molecule has 1 unspecified atom stereocenters. The van der Waals surface area contributed by atoms with Crippen LogP contribution in [0.1, 0.15) is 37.9 Å². The van der Waals surface area contributed by atoms with Gasteiger partial charge in [0.1, 0.15) is 5.82 Å². The molecule has 0 bridgehead atoms. The van der Waals surface area contributed by atoms with Crippen LogP contribution < -0.4 is 5.73 Å². The van der Waals surface area contributed by atoms with E-state index in [1.54, 1.807) is 7.11 Å². The number of methoxy groups -OCH3 is 1. The minimum atomic E-state index is 0.196. The molecule has 118 valence electrons. The summed E-state index contributed by atoms with van der Waals surface area (Å²) < 4.78 is 5.09. The highest BCUT2D eigenvalue weighted by Crippen LogP contribution is 2.21. The first-order valence-corrected chi connectivity index (χ1v) is 7.62. The molecular weight excluding hydrogens is 270 g/mol. The van der Waals surface area contributed by atoms with E-state index < -0.39 is 0 Å². The van der Waals surface area contributed by atoms with Gasteiger partial charge in [0.25, 0.3) is 0 Å². The van der Waals surface area contributed by atoms with E-state index in [1.807, 2.05) is 4.90 Å². The number of carbonyl (C=O) groups excluding carboxylic acids is 1. The number of nitrogens with two attached hydrogens (primary N) is 1. The van der Waals surface area contributed by atoms with Gasteiger partial charge in [-0.05, 0) is 31.6 Å². The first kappa shape index (κ1) is 15.8. The van der Waals surface area contributed by atoms with Crippen molar-refractivity contribution >= 4 is 11.9 Å². The Balaban J connectivity index is 1.73. The zero-order valence-corrected chi connectivity index (χ0v) is 12.7. The average molecular weight is 295 g/mol. The van der Waals surface area contributed by atoms with Crippen LogP contribution in [0.3, 0.4) is 0 Å². The summed E-state index contributed by atoms with van der Waals surface area (Å²) in [6, 6.07) is 0. The maximum absolute atomic E-state index is 12.3. The van der Waals surface area contributed by atoms with Crippen LogP contribution in [0.2, 0.25) is 0 Å². The van der Waals surface area contributed by atoms with Crippen LogP contribution in [0, 0.1) is 5.92 Å². The van der Waals surface area contributed by atoms with E-state index in [-0.39, 0.29) is 11.9 Å². The number of aromatic amines is 1. The van der Waals surface area contributed by atoms with Crippen molar-refractivity contribution < 1.29 is 9.53 Å². The molecule has 1 aliphatic heterocycles. The van der Waals surface area contributed by atoms with Gasteiger partial charge in [0.2, 0.25) is 11.9 Å². The van der Waals surface area contributed by atoms with Crippen molar-refractivity contribution in [3.63, 3.8) is 0 Å². The Bertz CT molecular complexity index is 448. The lowest BCUT2D eigenvalue weighted by Crippen LogP contribution is -2.40. The molecule has 1 aromatic heterocycles. The van der Waals surface area contributed by atoms with Crippen LogP contribution in [0.4, 0.5) is 5.95 Å². The number of H-pyrrole nitrogens is 1. The van der Waals surface area contributed by atoms with E-state index in [0.29, 0.717) is 24.6 Å². The molecular formula is C14H25N5O2. The van der Waals surface area contributed by atoms with E-state index in [1.165, 1.54) is 6.42 Å². The number of aromatic nitrogens is 3. The third kappa shape index (κ3) is 5.00. The highest BCUT2D eigenvalue weighted by Gasteiger charge is 2.23. The molecule has 2 heterocycles. The molecule has 7 heteroatoms. The minimum Gasteiger partial charge on any atom is -0.385 e. The average Bonchev–Trinajstić information content (AvgIpc) is 2.91. The van der Waals surface area contributed by atoms with Gasteiger partial charge in [-0.3, -0.25) is 9.89 Å². The van der Waals surface area contributed by atoms with Gasteiger partial charge in [0.15, 0.2) is 0 Å². The Morgan fingerprint density at radius 1 is 1.57 bits per heavy atom. The van der Waals surface area contributed by atoms with Crippen LogP contribution in [-0.2, 0) is 16.0 Å². The molecule has 21 heavy (non-hydrogen) atoms. The van der Waals surface area contributed by atoms with Gasteiger partial charge in [0, 0.05) is 39.6 Å². The predicted octanol–water partition coefficient (Wildman–Crippen LogP) is 0.985. The highest BCUT2D eigenvalue weighted by atomic mass is 16.5. The quantitative estimate of drug-likeness (QED) is 0.731. The summed E-state index contributed by atoms with van der Waals surface area (Å²) in [5.74, 6) is 1.71. The van der Waals surface area contributed by atoms with Crippen LogP contribution in [-0.4, -0.2) is 52.8 Å². The van der Waals surface area contributed by atoms with Gasteiger partial charge in [-0.1, -0.05) is 0 Å². The molecule has 0 radical (unpaired) electrons. The van der Waals surface area contributed by atoms with Crippen molar-refractivity contribution in [3.05, 3.63) is 5.82 Å². The highest BCUT2D eigenvalue weighted by molar-refractivity contribution is 5.76. The maximum Gasteiger partial charge on any atom is 0.239 e. The van der Waals surface area contributed by atoms with Crippen LogP contribution in [0.15, 0.2) is 0 Å². The lowest BCUT2D eigenvalue weighted by atomic mass is 9.93. The number of hydrogen-bond acceptors (Lipinski definition) is 5. The number of likely N-dealkylation sites (tertiary alicyclic amines) is 1. The van der Waals surface area contributed by atoms with Crippen molar-refractivity contribution in [1.29, 1.82) is 0 Å². The molecule has 3 N–H and O–H groups in total. The predicted molar refractivity (Wildman–Crippen MR) is 79.5 cm³/mol. The van der Waals surface area contributed by atoms with Gasteiger partial charge < -0.3 is 15.4 Å². The molecule has 1 atom stereocenters. The van der Waals surface area contributed by atoms with Gasteiger partial charge in [-0.25, -0.2) is 0 Å². The molecule has 1 fully saturated rings. The number of hydrogen-bond donors (Lipinski definition) is 2. The van der Waals surface area contributed by atoms with Crippen molar-refractivity contribution in [2.75, 3.05) is 32.5 Å². The zero-order valence-electron chi connectivity index (χ0n) is 12.7. The molecule has 1 saturated heterocycles. The third-order valence-electron chi connectivity index (χ3n) is 3.96. The monoisotopic (exact) mass is 295 g/mol. The second-order valence-electron chi connectivity index (χ2n) is 5.62. The zero-order chi connectivity index (χ0) is 15.1. The van der Waals surface area contributed by atoms with E-state index in [2.05, 4.69) is 15.2 Å².